The maximum Gasteiger partial charge on any atom is 0.129 e. The summed E-state index contributed by atoms with van der Waals surface area (Å²) in [7, 11) is 0. The van der Waals surface area contributed by atoms with Crippen molar-refractivity contribution in [2.45, 2.75) is 26.9 Å². The van der Waals surface area contributed by atoms with Crippen molar-refractivity contribution in [2.24, 2.45) is 0 Å². The predicted octanol–water partition coefficient (Wildman–Crippen LogP) is 3.46. The summed E-state index contributed by atoms with van der Waals surface area (Å²) in [5.41, 5.74) is 5.73. The lowest BCUT2D eigenvalue weighted by Gasteiger charge is -2.03. The number of anilines is 1. The molecule has 0 aliphatic rings. The highest BCUT2D eigenvalue weighted by molar-refractivity contribution is 5.41. The van der Waals surface area contributed by atoms with Gasteiger partial charge in [-0.3, -0.25) is 0 Å². The van der Waals surface area contributed by atoms with Crippen molar-refractivity contribution in [3.63, 3.8) is 0 Å². The zero-order chi connectivity index (χ0) is 10.4. The summed E-state index contributed by atoms with van der Waals surface area (Å²) in [5, 5.41) is 0. The molecule has 1 aromatic carbocycles. The summed E-state index contributed by atoms with van der Waals surface area (Å²) in [5.74, 6) is -0.547. The van der Waals surface area contributed by atoms with Crippen molar-refractivity contribution in [1.82, 2.24) is 0 Å². The summed E-state index contributed by atoms with van der Waals surface area (Å²) in [4.78, 5) is 0. The Bertz CT molecular complexity index is 259. The van der Waals surface area contributed by atoms with Crippen LogP contribution in [0.1, 0.15) is 32.5 Å². The van der Waals surface area contributed by atoms with E-state index in [1.807, 2.05) is 13.8 Å². The standard InChI is InChI=1S/C8H9F2N.C2H6/c1-5(9)7-4-6(11)2-3-8(7)10;1-2/h2-5H,11H2,1H3;1-2H3. The Kier molecular flexibility index (Phi) is 5.04. The average molecular weight is 187 g/mol. The lowest BCUT2D eigenvalue weighted by molar-refractivity contribution is 0.361. The molecule has 1 nitrogen and oxygen atoms in total. The molecule has 0 bridgehead atoms. The van der Waals surface area contributed by atoms with Gasteiger partial charge in [-0.2, -0.15) is 0 Å². The van der Waals surface area contributed by atoms with Crippen LogP contribution < -0.4 is 5.73 Å². The third kappa shape index (κ3) is 3.40. The predicted molar refractivity (Wildman–Crippen MR) is 51.7 cm³/mol. The number of nitrogen functional groups attached to an aromatic ring is 1. The summed E-state index contributed by atoms with van der Waals surface area (Å²) >= 11 is 0. The zero-order valence-corrected chi connectivity index (χ0v) is 8.14. The molecule has 3 heteroatoms. The van der Waals surface area contributed by atoms with Gasteiger partial charge in [-0.1, -0.05) is 13.8 Å². The molecule has 0 heterocycles. The van der Waals surface area contributed by atoms with Crippen molar-refractivity contribution >= 4 is 5.69 Å². The highest BCUT2D eigenvalue weighted by Crippen LogP contribution is 2.21. The van der Waals surface area contributed by atoms with E-state index in [4.69, 9.17) is 5.73 Å². The van der Waals surface area contributed by atoms with Gasteiger partial charge in [-0.05, 0) is 25.1 Å². The normalized spacial score (nSPS) is 11.5. The molecule has 0 amide bonds. The van der Waals surface area contributed by atoms with E-state index in [9.17, 15) is 8.78 Å². The van der Waals surface area contributed by atoms with Crippen LogP contribution in [0, 0.1) is 5.82 Å². The minimum Gasteiger partial charge on any atom is -0.399 e. The van der Waals surface area contributed by atoms with Gasteiger partial charge < -0.3 is 5.73 Å². The minimum absolute atomic E-state index is 0.0185. The van der Waals surface area contributed by atoms with E-state index in [1.54, 1.807) is 0 Å². The van der Waals surface area contributed by atoms with Gasteiger partial charge in [0.15, 0.2) is 0 Å². The Morgan fingerprint density at radius 2 is 1.85 bits per heavy atom. The van der Waals surface area contributed by atoms with E-state index in [0.29, 0.717) is 5.69 Å². The molecule has 0 fully saturated rings. The van der Waals surface area contributed by atoms with Crippen LogP contribution in [-0.2, 0) is 0 Å². The Morgan fingerprint density at radius 3 is 2.23 bits per heavy atom. The molecule has 2 N–H and O–H groups in total. The van der Waals surface area contributed by atoms with Crippen LogP contribution in [0.15, 0.2) is 18.2 Å². The monoisotopic (exact) mass is 187 g/mol. The fourth-order valence-corrected chi connectivity index (χ4v) is 0.867. The number of nitrogens with two attached hydrogens (primary N) is 1. The summed E-state index contributed by atoms with van der Waals surface area (Å²) < 4.78 is 25.3. The van der Waals surface area contributed by atoms with Gasteiger partial charge in [0.05, 0.1) is 0 Å². The van der Waals surface area contributed by atoms with Gasteiger partial charge in [0.2, 0.25) is 0 Å². The molecular weight excluding hydrogens is 172 g/mol. The van der Waals surface area contributed by atoms with E-state index in [2.05, 4.69) is 0 Å². The number of benzene rings is 1. The Hall–Kier alpha value is -1.12. The average Bonchev–Trinajstić information content (AvgIpc) is 2.12. The summed E-state index contributed by atoms with van der Waals surface area (Å²) in [6.45, 7) is 5.28. The van der Waals surface area contributed by atoms with Crippen LogP contribution in [0.5, 0.6) is 0 Å². The van der Waals surface area contributed by atoms with Gasteiger partial charge in [-0.25, -0.2) is 8.78 Å². The van der Waals surface area contributed by atoms with Crippen molar-refractivity contribution < 1.29 is 8.78 Å². The summed E-state index contributed by atoms with van der Waals surface area (Å²) in [6, 6.07) is 3.88. The molecule has 0 aromatic heterocycles. The second-order valence-corrected chi connectivity index (χ2v) is 2.40. The molecule has 0 aliphatic heterocycles. The number of hydrogen-bond acceptors (Lipinski definition) is 1. The topological polar surface area (TPSA) is 26.0 Å². The van der Waals surface area contributed by atoms with Gasteiger partial charge in [0.1, 0.15) is 12.0 Å². The molecule has 0 aliphatic carbocycles. The van der Waals surface area contributed by atoms with Gasteiger partial charge in [0, 0.05) is 11.3 Å². The quantitative estimate of drug-likeness (QED) is 0.669. The third-order valence-corrected chi connectivity index (χ3v) is 1.45. The minimum atomic E-state index is -1.31. The molecule has 13 heavy (non-hydrogen) atoms. The van der Waals surface area contributed by atoms with Crippen molar-refractivity contribution in [3.8, 4) is 0 Å². The lowest BCUT2D eigenvalue weighted by atomic mass is 10.1. The maximum absolute atomic E-state index is 12.7. The van der Waals surface area contributed by atoms with Crippen LogP contribution in [-0.4, -0.2) is 0 Å². The van der Waals surface area contributed by atoms with Crippen molar-refractivity contribution in [3.05, 3.63) is 29.6 Å². The molecule has 1 rings (SSSR count). The van der Waals surface area contributed by atoms with Gasteiger partial charge in [0.25, 0.3) is 0 Å². The van der Waals surface area contributed by atoms with Crippen LogP contribution in [0.25, 0.3) is 0 Å². The number of alkyl halides is 1. The molecule has 0 saturated heterocycles. The van der Waals surface area contributed by atoms with Crippen molar-refractivity contribution in [2.75, 3.05) is 5.73 Å². The Morgan fingerprint density at radius 1 is 1.31 bits per heavy atom. The second-order valence-electron chi connectivity index (χ2n) is 2.40. The fraction of sp³-hybridized carbons (Fsp3) is 0.400. The molecule has 0 spiro atoms. The molecule has 0 saturated carbocycles. The van der Waals surface area contributed by atoms with Gasteiger partial charge >= 0.3 is 0 Å². The SMILES string of the molecule is CC.CC(F)c1cc(N)ccc1F. The largest absolute Gasteiger partial charge is 0.399 e. The van der Waals surface area contributed by atoms with E-state index in [0.717, 1.165) is 0 Å². The van der Waals surface area contributed by atoms with Crippen LogP contribution in [0.3, 0.4) is 0 Å². The number of halogens is 2. The second kappa shape index (κ2) is 5.51. The van der Waals surface area contributed by atoms with Gasteiger partial charge in [-0.15, -0.1) is 0 Å². The first-order chi connectivity index (χ1) is 6.11. The van der Waals surface area contributed by atoms with E-state index >= 15 is 0 Å². The third-order valence-electron chi connectivity index (χ3n) is 1.45. The smallest absolute Gasteiger partial charge is 0.129 e. The number of rotatable bonds is 1. The molecular formula is C10H15F2N. The first kappa shape index (κ1) is 11.9. The lowest BCUT2D eigenvalue weighted by Crippen LogP contribution is -1.94. The summed E-state index contributed by atoms with van der Waals surface area (Å²) in [6.07, 6.45) is -1.31. The molecule has 1 atom stereocenters. The van der Waals surface area contributed by atoms with Crippen LogP contribution in [0.4, 0.5) is 14.5 Å². The fourth-order valence-electron chi connectivity index (χ4n) is 0.867. The van der Waals surface area contributed by atoms with E-state index < -0.39 is 12.0 Å². The van der Waals surface area contributed by atoms with E-state index in [1.165, 1.54) is 25.1 Å². The highest BCUT2D eigenvalue weighted by Gasteiger charge is 2.08. The maximum atomic E-state index is 12.7. The molecule has 74 valence electrons. The van der Waals surface area contributed by atoms with Crippen LogP contribution in [0.2, 0.25) is 0 Å². The highest BCUT2D eigenvalue weighted by atomic mass is 19.1. The molecule has 1 unspecified atom stereocenters. The molecule has 0 radical (unpaired) electrons. The Balaban J connectivity index is 0.000000671. The van der Waals surface area contributed by atoms with Crippen LogP contribution >= 0.6 is 0 Å². The van der Waals surface area contributed by atoms with Crippen molar-refractivity contribution in [1.29, 1.82) is 0 Å². The first-order valence-corrected chi connectivity index (χ1v) is 4.30. The number of hydrogen-bond donors (Lipinski definition) is 1. The zero-order valence-electron chi connectivity index (χ0n) is 8.14. The Labute approximate surface area is 77.6 Å². The first-order valence-electron chi connectivity index (χ1n) is 4.30. The molecule has 1 aromatic rings. The van der Waals surface area contributed by atoms with E-state index in [-0.39, 0.29) is 5.56 Å².